The van der Waals surface area contributed by atoms with Gasteiger partial charge in [-0.3, -0.25) is 0 Å². The first kappa shape index (κ1) is 16.9. The molecule has 1 aromatic rings. The van der Waals surface area contributed by atoms with Crippen LogP contribution in [0.5, 0.6) is 5.75 Å². The molecule has 0 aromatic heterocycles. The molecule has 0 aliphatic carbocycles. The number of hydrogen-bond acceptors (Lipinski definition) is 4. The van der Waals surface area contributed by atoms with Gasteiger partial charge in [0.15, 0.2) is 11.6 Å². The van der Waals surface area contributed by atoms with Gasteiger partial charge in [0.05, 0.1) is 13.2 Å². The molecule has 0 aliphatic rings. The van der Waals surface area contributed by atoms with E-state index in [0.29, 0.717) is 11.8 Å². The van der Waals surface area contributed by atoms with Crippen molar-refractivity contribution in [3.8, 4) is 5.75 Å². The lowest BCUT2D eigenvalue weighted by atomic mass is 10.0. The summed E-state index contributed by atoms with van der Waals surface area (Å²) in [6.07, 6.45) is 0.0143. The number of hydrogen-bond donors (Lipinski definition) is 1. The number of carbonyl (C=O) groups excluding carboxylic acids is 2. The van der Waals surface area contributed by atoms with Gasteiger partial charge in [-0.05, 0) is 38.5 Å². The first-order valence-electron chi connectivity index (χ1n) is 6.53. The van der Waals surface area contributed by atoms with E-state index in [9.17, 15) is 14.0 Å². The summed E-state index contributed by atoms with van der Waals surface area (Å²) in [6, 6.07) is 3.61. The van der Waals surface area contributed by atoms with Gasteiger partial charge < -0.3 is 19.6 Å². The molecule has 5 nitrogen and oxygen atoms in total. The Kier molecular flexibility index (Phi) is 5.69. The maximum Gasteiger partial charge on any atom is 0.408 e. The van der Waals surface area contributed by atoms with Crippen LogP contribution >= 0.6 is 0 Å². The first-order chi connectivity index (χ1) is 9.76. The van der Waals surface area contributed by atoms with Crippen molar-refractivity contribution < 1.29 is 23.5 Å². The van der Waals surface area contributed by atoms with Gasteiger partial charge >= 0.3 is 6.09 Å². The van der Waals surface area contributed by atoms with Gasteiger partial charge in [-0.2, -0.15) is 0 Å². The molecule has 1 amide bonds. The Bertz CT molecular complexity index is 511. The van der Waals surface area contributed by atoms with Crippen molar-refractivity contribution in [3.63, 3.8) is 0 Å². The van der Waals surface area contributed by atoms with E-state index in [2.05, 4.69) is 5.32 Å². The van der Waals surface area contributed by atoms with Crippen molar-refractivity contribution in [3.05, 3.63) is 29.6 Å². The highest BCUT2D eigenvalue weighted by Gasteiger charge is 2.21. The molecule has 1 N–H and O–H groups in total. The number of ether oxygens (including phenoxy) is 2. The fraction of sp³-hybridized carbons (Fsp3) is 0.467. The zero-order valence-corrected chi connectivity index (χ0v) is 12.6. The van der Waals surface area contributed by atoms with Crippen LogP contribution in [-0.2, 0) is 9.53 Å². The maximum atomic E-state index is 13.7. The molecule has 1 atom stereocenters. The minimum absolute atomic E-state index is 0.0189. The van der Waals surface area contributed by atoms with E-state index >= 15 is 0 Å². The van der Waals surface area contributed by atoms with Gasteiger partial charge in [0.25, 0.3) is 0 Å². The van der Waals surface area contributed by atoms with Crippen molar-refractivity contribution in [2.75, 3.05) is 7.11 Å². The van der Waals surface area contributed by atoms with Gasteiger partial charge in [-0.25, -0.2) is 9.18 Å². The fourth-order valence-corrected chi connectivity index (χ4v) is 1.72. The minimum atomic E-state index is -0.662. The number of alkyl carbamates (subject to hydrolysis) is 1. The molecule has 21 heavy (non-hydrogen) atoms. The summed E-state index contributed by atoms with van der Waals surface area (Å²) in [5.41, 5.74) is -0.188. The number of halogens is 1. The number of aldehydes is 1. The molecule has 1 aromatic carbocycles. The zero-order chi connectivity index (χ0) is 16.0. The minimum Gasteiger partial charge on any atom is -0.494 e. The summed E-state index contributed by atoms with van der Waals surface area (Å²) in [6.45, 7) is 5.19. The van der Waals surface area contributed by atoms with E-state index in [1.165, 1.54) is 19.2 Å². The Morgan fingerprint density at radius 2 is 2.10 bits per heavy atom. The number of nitrogens with one attached hydrogen (secondary N) is 1. The molecule has 0 bridgehead atoms. The molecule has 0 saturated carbocycles. The predicted octanol–water partition coefficient (Wildman–Crippen LogP) is 2.99. The second kappa shape index (κ2) is 7.06. The van der Waals surface area contributed by atoms with E-state index in [-0.39, 0.29) is 12.2 Å². The number of methoxy groups -OCH3 is 1. The van der Waals surface area contributed by atoms with Crippen molar-refractivity contribution in [1.82, 2.24) is 5.32 Å². The average Bonchev–Trinajstić information content (AvgIpc) is 2.36. The molecule has 1 rings (SSSR count). The van der Waals surface area contributed by atoms with Crippen LogP contribution in [0.25, 0.3) is 0 Å². The highest BCUT2D eigenvalue weighted by Crippen LogP contribution is 2.23. The van der Waals surface area contributed by atoms with Crippen molar-refractivity contribution in [1.29, 1.82) is 0 Å². The third-order valence-electron chi connectivity index (χ3n) is 2.60. The second-order valence-electron chi connectivity index (χ2n) is 5.50. The summed E-state index contributed by atoms with van der Waals surface area (Å²) in [4.78, 5) is 22.5. The van der Waals surface area contributed by atoms with Crippen LogP contribution in [0.15, 0.2) is 18.2 Å². The topological polar surface area (TPSA) is 64.6 Å². The number of carbonyl (C=O) groups is 2. The van der Waals surface area contributed by atoms with Gasteiger partial charge in [-0.15, -0.1) is 0 Å². The third-order valence-corrected chi connectivity index (χ3v) is 2.60. The monoisotopic (exact) mass is 297 g/mol. The van der Waals surface area contributed by atoms with Crippen LogP contribution < -0.4 is 10.1 Å². The molecule has 0 heterocycles. The fourth-order valence-electron chi connectivity index (χ4n) is 1.72. The predicted molar refractivity (Wildman–Crippen MR) is 75.7 cm³/mol. The third kappa shape index (κ3) is 5.41. The molecule has 0 spiro atoms. The normalized spacial score (nSPS) is 12.4. The van der Waals surface area contributed by atoms with Crippen molar-refractivity contribution in [2.45, 2.75) is 38.8 Å². The molecule has 0 radical (unpaired) electrons. The Morgan fingerprint density at radius 3 is 2.57 bits per heavy atom. The highest BCUT2D eigenvalue weighted by atomic mass is 19.1. The Morgan fingerprint density at radius 1 is 1.43 bits per heavy atom. The van der Waals surface area contributed by atoms with Crippen LogP contribution in [0, 0.1) is 5.82 Å². The van der Waals surface area contributed by atoms with E-state index in [4.69, 9.17) is 9.47 Å². The molecule has 0 unspecified atom stereocenters. The van der Waals surface area contributed by atoms with Crippen molar-refractivity contribution in [2.24, 2.45) is 0 Å². The summed E-state index contributed by atoms with van der Waals surface area (Å²) in [5, 5.41) is 2.56. The van der Waals surface area contributed by atoms with Crippen LogP contribution in [0.3, 0.4) is 0 Å². The maximum absolute atomic E-state index is 13.7. The Hall–Kier alpha value is -2.11. The van der Waals surface area contributed by atoms with Gasteiger partial charge in [0.1, 0.15) is 11.9 Å². The molecule has 0 aliphatic heterocycles. The van der Waals surface area contributed by atoms with Gasteiger partial charge in [0, 0.05) is 6.42 Å². The molecule has 0 saturated heterocycles. The first-order valence-corrected chi connectivity index (χ1v) is 6.53. The van der Waals surface area contributed by atoms with Gasteiger partial charge in [0.2, 0.25) is 0 Å². The Balaban J connectivity index is 2.89. The molecule has 6 heteroatoms. The van der Waals surface area contributed by atoms with E-state index in [1.54, 1.807) is 26.8 Å². The summed E-state index contributed by atoms with van der Waals surface area (Å²) in [7, 11) is 1.36. The zero-order valence-electron chi connectivity index (χ0n) is 12.6. The summed E-state index contributed by atoms with van der Waals surface area (Å²) in [5.74, 6) is -0.460. The standard InChI is InChI=1S/C15H20FNO4/c1-15(2,3)21-14(19)17-12(7-8-18)10-5-6-13(20-4)11(16)9-10/h5-6,8-9,12H,7H2,1-4H3,(H,17,19)/t12-/m0/s1. The lowest BCUT2D eigenvalue weighted by Gasteiger charge is -2.23. The second-order valence-corrected chi connectivity index (χ2v) is 5.50. The van der Waals surface area contributed by atoms with Crippen molar-refractivity contribution >= 4 is 12.4 Å². The average molecular weight is 297 g/mol. The molecule has 116 valence electrons. The van der Waals surface area contributed by atoms with E-state index in [1.807, 2.05) is 0 Å². The van der Waals surface area contributed by atoms with Crippen LogP contribution in [-0.4, -0.2) is 25.1 Å². The summed E-state index contributed by atoms with van der Waals surface area (Å²) < 4.78 is 23.7. The lowest BCUT2D eigenvalue weighted by molar-refractivity contribution is -0.108. The molecular weight excluding hydrogens is 277 g/mol. The summed E-state index contributed by atoms with van der Waals surface area (Å²) >= 11 is 0. The SMILES string of the molecule is COc1ccc([C@H](CC=O)NC(=O)OC(C)(C)C)cc1F. The van der Waals surface area contributed by atoms with E-state index in [0.717, 1.165) is 0 Å². The molecule has 0 fully saturated rings. The van der Waals surface area contributed by atoms with Crippen LogP contribution in [0.1, 0.15) is 38.8 Å². The number of amides is 1. The lowest BCUT2D eigenvalue weighted by Crippen LogP contribution is -2.35. The number of rotatable bonds is 5. The molecular formula is C15H20FNO4. The quantitative estimate of drug-likeness (QED) is 0.849. The van der Waals surface area contributed by atoms with E-state index < -0.39 is 23.6 Å². The van der Waals surface area contributed by atoms with Crippen LogP contribution in [0.2, 0.25) is 0 Å². The van der Waals surface area contributed by atoms with Crippen LogP contribution in [0.4, 0.5) is 9.18 Å². The Labute approximate surface area is 123 Å². The smallest absolute Gasteiger partial charge is 0.408 e. The highest BCUT2D eigenvalue weighted by molar-refractivity contribution is 5.69. The number of benzene rings is 1. The largest absolute Gasteiger partial charge is 0.494 e. The van der Waals surface area contributed by atoms with Gasteiger partial charge in [-0.1, -0.05) is 6.07 Å².